The second kappa shape index (κ2) is 8.02. The molecule has 0 aliphatic rings. The van der Waals surface area contributed by atoms with Crippen LogP contribution in [0.1, 0.15) is 25.5 Å². The number of aromatic nitrogens is 1. The molecule has 22 heavy (non-hydrogen) atoms. The predicted molar refractivity (Wildman–Crippen MR) is 88.5 cm³/mol. The number of pyridine rings is 1. The van der Waals surface area contributed by atoms with Gasteiger partial charge in [0.1, 0.15) is 5.75 Å². The van der Waals surface area contributed by atoms with E-state index >= 15 is 0 Å². The lowest BCUT2D eigenvalue weighted by molar-refractivity contribution is 0.262. The predicted octanol–water partition coefficient (Wildman–Crippen LogP) is 4.21. The van der Waals surface area contributed by atoms with Crippen LogP contribution in [0.4, 0.5) is 16.2 Å². The van der Waals surface area contributed by atoms with Crippen LogP contribution in [-0.4, -0.2) is 17.6 Å². The van der Waals surface area contributed by atoms with E-state index in [0.29, 0.717) is 18.0 Å². The molecular formula is C17H21N3O2. The molecule has 2 rings (SSSR count). The third kappa shape index (κ3) is 4.77. The van der Waals surface area contributed by atoms with Crippen molar-refractivity contribution < 1.29 is 9.53 Å². The van der Waals surface area contributed by atoms with Gasteiger partial charge in [-0.25, -0.2) is 4.79 Å². The molecule has 0 spiro atoms. The van der Waals surface area contributed by atoms with E-state index in [9.17, 15) is 4.79 Å². The van der Waals surface area contributed by atoms with Crippen molar-refractivity contribution in [2.45, 2.75) is 26.7 Å². The van der Waals surface area contributed by atoms with E-state index in [-0.39, 0.29) is 6.03 Å². The van der Waals surface area contributed by atoms with Crippen LogP contribution in [0.15, 0.2) is 42.6 Å². The molecule has 1 aromatic carbocycles. The van der Waals surface area contributed by atoms with E-state index in [1.54, 1.807) is 12.3 Å². The molecule has 0 aliphatic carbocycles. The second-order valence-corrected chi connectivity index (χ2v) is 4.94. The van der Waals surface area contributed by atoms with Crippen LogP contribution in [0.2, 0.25) is 0 Å². The number of amides is 2. The second-order valence-electron chi connectivity index (χ2n) is 4.94. The Morgan fingerprint density at radius 2 is 1.95 bits per heavy atom. The maximum Gasteiger partial charge on any atom is 0.323 e. The van der Waals surface area contributed by atoms with Crippen LogP contribution in [-0.2, 0) is 0 Å². The van der Waals surface area contributed by atoms with E-state index in [0.717, 1.165) is 24.3 Å². The minimum Gasteiger partial charge on any atom is -0.494 e. The van der Waals surface area contributed by atoms with Crippen molar-refractivity contribution in [3.8, 4) is 5.75 Å². The third-order valence-corrected chi connectivity index (χ3v) is 3.13. The molecule has 0 bridgehead atoms. The SMILES string of the molecule is CCCCOc1ccc(NC(=O)Nc2cccnc2C)cc1. The van der Waals surface area contributed by atoms with Gasteiger partial charge in [0, 0.05) is 11.9 Å². The Morgan fingerprint density at radius 3 is 2.64 bits per heavy atom. The number of ether oxygens (including phenoxy) is 1. The number of anilines is 2. The molecule has 0 radical (unpaired) electrons. The quantitative estimate of drug-likeness (QED) is 0.785. The first-order valence-electron chi connectivity index (χ1n) is 7.41. The Balaban J connectivity index is 1.88. The summed E-state index contributed by atoms with van der Waals surface area (Å²) in [6.07, 6.45) is 3.83. The first kappa shape index (κ1) is 15.8. The van der Waals surface area contributed by atoms with Crippen LogP contribution in [0.5, 0.6) is 5.75 Å². The largest absolute Gasteiger partial charge is 0.494 e. The minimum absolute atomic E-state index is 0.296. The Bertz CT molecular complexity index is 612. The maximum absolute atomic E-state index is 11.9. The molecule has 2 amide bonds. The van der Waals surface area contributed by atoms with Crippen molar-refractivity contribution in [2.75, 3.05) is 17.2 Å². The molecule has 0 fully saturated rings. The summed E-state index contributed by atoms with van der Waals surface area (Å²) in [6.45, 7) is 4.68. The van der Waals surface area contributed by atoms with Crippen LogP contribution in [0, 0.1) is 6.92 Å². The summed E-state index contributed by atoms with van der Waals surface area (Å²) < 4.78 is 5.58. The van der Waals surface area contributed by atoms with E-state index < -0.39 is 0 Å². The Labute approximate surface area is 130 Å². The van der Waals surface area contributed by atoms with Gasteiger partial charge in [-0.15, -0.1) is 0 Å². The lowest BCUT2D eigenvalue weighted by Gasteiger charge is -2.10. The van der Waals surface area contributed by atoms with Gasteiger partial charge in [-0.3, -0.25) is 4.98 Å². The van der Waals surface area contributed by atoms with Crippen molar-refractivity contribution in [3.05, 3.63) is 48.3 Å². The van der Waals surface area contributed by atoms with Gasteiger partial charge in [-0.2, -0.15) is 0 Å². The number of nitrogens with one attached hydrogen (secondary N) is 2. The van der Waals surface area contributed by atoms with Gasteiger partial charge in [-0.05, 0) is 49.7 Å². The fraction of sp³-hybridized carbons (Fsp3) is 0.294. The van der Waals surface area contributed by atoms with E-state index in [1.165, 1.54) is 0 Å². The van der Waals surface area contributed by atoms with Crippen LogP contribution in [0.25, 0.3) is 0 Å². The number of carbonyl (C=O) groups is 1. The van der Waals surface area contributed by atoms with Crippen molar-refractivity contribution >= 4 is 17.4 Å². The number of hydrogen-bond acceptors (Lipinski definition) is 3. The average molecular weight is 299 g/mol. The topological polar surface area (TPSA) is 63.2 Å². The fourth-order valence-electron chi connectivity index (χ4n) is 1.87. The van der Waals surface area contributed by atoms with E-state index in [4.69, 9.17) is 4.74 Å². The van der Waals surface area contributed by atoms with Gasteiger partial charge in [0.2, 0.25) is 0 Å². The van der Waals surface area contributed by atoms with E-state index in [1.807, 2.05) is 37.3 Å². The third-order valence-electron chi connectivity index (χ3n) is 3.13. The number of urea groups is 1. The molecular weight excluding hydrogens is 278 g/mol. The first-order valence-corrected chi connectivity index (χ1v) is 7.41. The van der Waals surface area contributed by atoms with Gasteiger partial charge in [0.05, 0.1) is 18.0 Å². The molecule has 2 N–H and O–H groups in total. The molecule has 2 aromatic rings. The molecule has 0 aliphatic heterocycles. The smallest absolute Gasteiger partial charge is 0.323 e. The molecule has 0 atom stereocenters. The summed E-state index contributed by atoms with van der Waals surface area (Å²) in [4.78, 5) is 16.1. The van der Waals surface area contributed by atoms with Crippen molar-refractivity contribution in [1.29, 1.82) is 0 Å². The Kier molecular flexibility index (Phi) is 5.77. The van der Waals surface area contributed by atoms with Crippen molar-refractivity contribution in [2.24, 2.45) is 0 Å². The maximum atomic E-state index is 11.9. The summed E-state index contributed by atoms with van der Waals surface area (Å²) in [6, 6.07) is 10.6. The molecule has 0 saturated carbocycles. The molecule has 0 unspecified atom stereocenters. The highest BCUT2D eigenvalue weighted by Gasteiger charge is 2.05. The van der Waals surface area contributed by atoms with Gasteiger partial charge >= 0.3 is 6.03 Å². The molecule has 1 aromatic heterocycles. The number of hydrogen-bond donors (Lipinski definition) is 2. The molecule has 5 nitrogen and oxygen atoms in total. The van der Waals surface area contributed by atoms with Crippen LogP contribution in [0.3, 0.4) is 0 Å². The zero-order valence-electron chi connectivity index (χ0n) is 12.9. The zero-order valence-corrected chi connectivity index (χ0v) is 12.9. The normalized spacial score (nSPS) is 10.1. The fourth-order valence-corrected chi connectivity index (χ4v) is 1.87. The molecule has 1 heterocycles. The average Bonchev–Trinajstić information content (AvgIpc) is 2.51. The molecule has 5 heteroatoms. The minimum atomic E-state index is -0.296. The lowest BCUT2D eigenvalue weighted by Crippen LogP contribution is -2.20. The molecule has 0 saturated heterocycles. The van der Waals surface area contributed by atoms with E-state index in [2.05, 4.69) is 22.5 Å². The highest BCUT2D eigenvalue weighted by Crippen LogP contribution is 2.17. The number of unbranched alkanes of at least 4 members (excludes halogenated alkanes) is 1. The number of rotatable bonds is 6. The zero-order chi connectivity index (χ0) is 15.8. The summed E-state index contributed by atoms with van der Waals surface area (Å²) in [5.41, 5.74) is 2.18. The summed E-state index contributed by atoms with van der Waals surface area (Å²) in [7, 11) is 0. The number of benzene rings is 1. The molecule has 116 valence electrons. The van der Waals surface area contributed by atoms with Crippen molar-refractivity contribution in [1.82, 2.24) is 4.98 Å². The van der Waals surface area contributed by atoms with Crippen molar-refractivity contribution in [3.63, 3.8) is 0 Å². The van der Waals surface area contributed by atoms with Gasteiger partial charge in [0.15, 0.2) is 0 Å². The number of carbonyl (C=O) groups excluding carboxylic acids is 1. The summed E-state index contributed by atoms with van der Waals surface area (Å²) in [5, 5.41) is 5.55. The first-order chi connectivity index (χ1) is 10.7. The monoisotopic (exact) mass is 299 g/mol. The summed E-state index contributed by atoms with van der Waals surface area (Å²) in [5.74, 6) is 0.808. The van der Waals surface area contributed by atoms with Crippen LogP contribution >= 0.6 is 0 Å². The highest BCUT2D eigenvalue weighted by molar-refractivity contribution is 6.00. The van der Waals surface area contributed by atoms with Gasteiger partial charge in [-0.1, -0.05) is 13.3 Å². The van der Waals surface area contributed by atoms with Crippen LogP contribution < -0.4 is 15.4 Å². The Morgan fingerprint density at radius 1 is 1.18 bits per heavy atom. The summed E-state index contributed by atoms with van der Waals surface area (Å²) >= 11 is 0. The van der Waals surface area contributed by atoms with Gasteiger partial charge in [0.25, 0.3) is 0 Å². The standard InChI is InChI=1S/C17H21N3O2/c1-3-4-12-22-15-9-7-14(8-10-15)19-17(21)20-16-6-5-11-18-13(16)2/h5-11H,3-4,12H2,1-2H3,(H2,19,20,21). The number of aryl methyl sites for hydroxylation is 1. The van der Waals surface area contributed by atoms with Gasteiger partial charge < -0.3 is 15.4 Å². The number of nitrogens with zero attached hydrogens (tertiary/aromatic N) is 1. The Hall–Kier alpha value is -2.56. The lowest BCUT2D eigenvalue weighted by atomic mass is 10.3. The highest BCUT2D eigenvalue weighted by atomic mass is 16.5.